The Labute approximate surface area is 137 Å². The van der Waals surface area contributed by atoms with Crippen LogP contribution < -0.4 is 5.32 Å². The Morgan fingerprint density at radius 1 is 1.13 bits per heavy atom. The van der Waals surface area contributed by atoms with Crippen LogP contribution in [0.25, 0.3) is 10.9 Å². The van der Waals surface area contributed by atoms with Crippen molar-refractivity contribution in [3.8, 4) is 0 Å². The molecule has 0 unspecified atom stereocenters. The van der Waals surface area contributed by atoms with E-state index in [0.29, 0.717) is 0 Å². The first kappa shape index (κ1) is 14.9. The number of benzene rings is 1. The number of fused-ring (bicyclic) bond motifs is 2. The molecular weight excluding hydrogens is 286 g/mol. The predicted molar refractivity (Wildman–Crippen MR) is 94.3 cm³/mol. The molecule has 122 valence electrons. The van der Waals surface area contributed by atoms with Gasteiger partial charge in [0, 0.05) is 31.6 Å². The average Bonchev–Trinajstić information content (AvgIpc) is 3.02. The van der Waals surface area contributed by atoms with Crippen molar-refractivity contribution < 1.29 is 4.74 Å². The van der Waals surface area contributed by atoms with Gasteiger partial charge in [0.15, 0.2) is 0 Å². The molecule has 23 heavy (non-hydrogen) atoms. The van der Waals surface area contributed by atoms with E-state index in [4.69, 9.17) is 9.72 Å². The second-order valence-electron chi connectivity index (χ2n) is 6.70. The Morgan fingerprint density at radius 3 is 2.74 bits per heavy atom. The molecule has 0 bridgehead atoms. The van der Waals surface area contributed by atoms with Crippen LogP contribution in [-0.4, -0.2) is 49.3 Å². The van der Waals surface area contributed by atoms with Crippen LogP contribution in [-0.2, 0) is 17.6 Å². The first-order valence-electron chi connectivity index (χ1n) is 8.77. The standard InChI is InChI=1S/C19H25N3O/c1-14-11-19(20-5-6-22-7-9-23-10-8-22)21-18-13-16-4-2-3-15(16)12-17(14)18/h11-13H,2-10H2,1H3,(H,20,21). The van der Waals surface area contributed by atoms with Gasteiger partial charge in [-0.1, -0.05) is 0 Å². The van der Waals surface area contributed by atoms with E-state index in [0.717, 1.165) is 50.7 Å². The first-order chi connectivity index (χ1) is 11.3. The second kappa shape index (κ2) is 6.46. The summed E-state index contributed by atoms with van der Waals surface area (Å²) in [6, 6.07) is 6.85. The predicted octanol–water partition coefficient (Wildman–Crippen LogP) is 2.78. The third kappa shape index (κ3) is 3.19. The zero-order chi connectivity index (χ0) is 15.6. The number of aromatic nitrogens is 1. The van der Waals surface area contributed by atoms with E-state index < -0.39 is 0 Å². The highest BCUT2D eigenvalue weighted by molar-refractivity contribution is 5.85. The summed E-state index contributed by atoms with van der Waals surface area (Å²) in [6.07, 6.45) is 3.72. The topological polar surface area (TPSA) is 37.4 Å². The summed E-state index contributed by atoms with van der Waals surface area (Å²) in [6.45, 7) is 7.97. The summed E-state index contributed by atoms with van der Waals surface area (Å²) in [5.74, 6) is 1.00. The Morgan fingerprint density at radius 2 is 1.91 bits per heavy atom. The Balaban J connectivity index is 1.48. The Hall–Kier alpha value is -1.65. The number of anilines is 1. The lowest BCUT2D eigenvalue weighted by molar-refractivity contribution is 0.0398. The molecule has 1 N–H and O–H groups in total. The molecule has 1 fully saturated rings. The maximum Gasteiger partial charge on any atom is 0.126 e. The fraction of sp³-hybridized carbons (Fsp3) is 0.526. The van der Waals surface area contributed by atoms with E-state index >= 15 is 0 Å². The van der Waals surface area contributed by atoms with Gasteiger partial charge in [-0.3, -0.25) is 4.90 Å². The number of ether oxygens (including phenoxy) is 1. The van der Waals surface area contributed by atoms with Crippen LogP contribution in [0.1, 0.15) is 23.1 Å². The van der Waals surface area contributed by atoms with Crippen molar-refractivity contribution >= 4 is 16.7 Å². The van der Waals surface area contributed by atoms with Gasteiger partial charge in [-0.2, -0.15) is 0 Å². The van der Waals surface area contributed by atoms with Gasteiger partial charge in [0.1, 0.15) is 5.82 Å². The van der Waals surface area contributed by atoms with Crippen molar-refractivity contribution in [2.45, 2.75) is 26.2 Å². The molecule has 4 heteroatoms. The van der Waals surface area contributed by atoms with Gasteiger partial charge in [-0.25, -0.2) is 4.98 Å². The van der Waals surface area contributed by atoms with E-state index in [-0.39, 0.29) is 0 Å². The third-order valence-corrected chi connectivity index (χ3v) is 5.07. The molecule has 2 heterocycles. The molecule has 4 rings (SSSR count). The van der Waals surface area contributed by atoms with E-state index in [2.05, 4.69) is 35.3 Å². The van der Waals surface area contributed by atoms with Crippen LogP contribution in [0, 0.1) is 6.92 Å². The largest absolute Gasteiger partial charge is 0.379 e. The van der Waals surface area contributed by atoms with Gasteiger partial charge >= 0.3 is 0 Å². The number of hydrogen-bond acceptors (Lipinski definition) is 4. The number of rotatable bonds is 4. The molecule has 0 saturated carbocycles. The number of pyridine rings is 1. The molecule has 0 amide bonds. The summed E-state index contributed by atoms with van der Waals surface area (Å²) in [4.78, 5) is 7.28. The minimum atomic E-state index is 0.860. The molecule has 1 aliphatic carbocycles. The van der Waals surface area contributed by atoms with Crippen LogP contribution in [0.3, 0.4) is 0 Å². The van der Waals surface area contributed by atoms with Gasteiger partial charge < -0.3 is 10.1 Å². The zero-order valence-electron chi connectivity index (χ0n) is 13.9. The van der Waals surface area contributed by atoms with Crippen LogP contribution in [0.4, 0.5) is 5.82 Å². The Kier molecular flexibility index (Phi) is 4.19. The lowest BCUT2D eigenvalue weighted by atomic mass is 10.0. The summed E-state index contributed by atoms with van der Waals surface area (Å²) in [5.41, 5.74) is 5.48. The first-order valence-corrected chi connectivity index (χ1v) is 8.77. The highest BCUT2D eigenvalue weighted by Crippen LogP contribution is 2.29. The number of nitrogens with zero attached hydrogens (tertiary/aromatic N) is 2. The van der Waals surface area contributed by atoms with Crippen LogP contribution in [0.5, 0.6) is 0 Å². The molecule has 1 saturated heterocycles. The minimum Gasteiger partial charge on any atom is -0.379 e. The van der Waals surface area contributed by atoms with Crippen molar-refractivity contribution in [1.29, 1.82) is 0 Å². The minimum absolute atomic E-state index is 0.860. The number of hydrogen-bond donors (Lipinski definition) is 1. The summed E-state index contributed by atoms with van der Waals surface area (Å²) < 4.78 is 5.39. The summed E-state index contributed by atoms with van der Waals surface area (Å²) in [7, 11) is 0. The van der Waals surface area contributed by atoms with Gasteiger partial charge in [0.25, 0.3) is 0 Å². The van der Waals surface area contributed by atoms with E-state index in [1.165, 1.54) is 41.3 Å². The van der Waals surface area contributed by atoms with Crippen LogP contribution in [0.15, 0.2) is 18.2 Å². The van der Waals surface area contributed by atoms with Crippen molar-refractivity contribution in [2.75, 3.05) is 44.7 Å². The molecule has 4 nitrogen and oxygen atoms in total. The van der Waals surface area contributed by atoms with Crippen molar-refractivity contribution in [3.05, 3.63) is 34.9 Å². The number of aryl methyl sites for hydroxylation is 3. The smallest absolute Gasteiger partial charge is 0.126 e. The van der Waals surface area contributed by atoms with E-state index in [1.54, 1.807) is 0 Å². The average molecular weight is 311 g/mol. The van der Waals surface area contributed by atoms with Crippen LogP contribution >= 0.6 is 0 Å². The monoisotopic (exact) mass is 311 g/mol. The molecule has 1 aromatic heterocycles. The molecule has 2 aromatic rings. The SMILES string of the molecule is Cc1cc(NCCN2CCOCC2)nc2cc3c(cc12)CCC3. The molecule has 1 aliphatic heterocycles. The van der Waals surface area contributed by atoms with E-state index in [9.17, 15) is 0 Å². The van der Waals surface area contributed by atoms with Crippen molar-refractivity contribution in [2.24, 2.45) is 0 Å². The van der Waals surface area contributed by atoms with Gasteiger partial charge in [-0.05, 0) is 61.1 Å². The highest BCUT2D eigenvalue weighted by atomic mass is 16.5. The number of nitrogens with one attached hydrogen (secondary N) is 1. The molecular formula is C19H25N3O. The number of morpholine rings is 1. The maximum absolute atomic E-state index is 5.39. The van der Waals surface area contributed by atoms with Crippen LogP contribution in [0.2, 0.25) is 0 Å². The van der Waals surface area contributed by atoms with E-state index in [1.807, 2.05) is 0 Å². The second-order valence-corrected chi connectivity index (χ2v) is 6.70. The molecule has 0 spiro atoms. The normalized spacial score (nSPS) is 18.3. The third-order valence-electron chi connectivity index (χ3n) is 5.07. The zero-order valence-corrected chi connectivity index (χ0v) is 13.9. The Bertz CT molecular complexity index is 707. The summed E-state index contributed by atoms with van der Waals surface area (Å²) in [5, 5.41) is 4.81. The molecule has 0 atom stereocenters. The van der Waals surface area contributed by atoms with Crippen molar-refractivity contribution in [1.82, 2.24) is 9.88 Å². The quantitative estimate of drug-likeness (QED) is 0.942. The fourth-order valence-corrected chi connectivity index (χ4v) is 3.72. The van der Waals surface area contributed by atoms with Gasteiger partial charge in [0.05, 0.1) is 18.7 Å². The van der Waals surface area contributed by atoms with Gasteiger partial charge in [0.2, 0.25) is 0 Å². The molecule has 2 aliphatic rings. The van der Waals surface area contributed by atoms with Gasteiger partial charge in [-0.15, -0.1) is 0 Å². The maximum atomic E-state index is 5.39. The summed E-state index contributed by atoms with van der Waals surface area (Å²) >= 11 is 0. The van der Waals surface area contributed by atoms with Crippen molar-refractivity contribution in [3.63, 3.8) is 0 Å². The lowest BCUT2D eigenvalue weighted by Gasteiger charge is -2.26. The fourth-order valence-electron chi connectivity index (χ4n) is 3.72. The lowest BCUT2D eigenvalue weighted by Crippen LogP contribution is -2.39. The molecule has 0 radical (unpaired) electrons. The highest BCUT2D eigenvalue weighted by Gasteiger charge is 2.14. The molecule has 1 aromatic carbocycles.